The van der Waals surface area contributed by atoms with E-state index in [1.54, 1.807) is 11.0 Å². The van der Waals surface area contributed by atoms with Gasteiger partial charge < -0.3 is 5.32 Å². The summed E-state index contributed by atoms with van der Waals surface area (Å²) in [5, 5.41) is 12.6. The fourth-order valence-electron chi connectivity index (χ4n) is 2.29. The van der Waals surface area contributed by atoms with Crippen LogP contribution in [0.3, 0.4) is 0 Å². The lowest BCUT2D eigenvalue weighted by atomic mass is 10.1. The van der Waals surface area contributed by atoms with Crippen molar-refractivity contribution in [3.05, 3.63) is 66.1 Å². The van der Waals surface area contributed by atoms with Crippen molar-refractivity contribution in [3.63, 3.8) is 0 Å². The zero-order valence-corrected chi connectivity index (χ0v) is 12.6. The van der Waals surface area contributed by atoms with E-state index in [0.29, 0.717) is 6.54 Å². The predicted molar refractivity (Wildman–Crippen MR) is 85.9 cm³/mol. The third-order valence-corrected chi connectivity index (χ3v) is 3.40. The summed E-state index contributed by atoms with van der Waals surface area (Å²) in [6.07, 6.45) is 3.65. The number of aryl methyl sites for hydroxylation is 1. The highest BCUT2D eigenvalue weighted by Crippen LogP contribution is 2.19. The molecule has 5 heteroatoms. The lowest BCUT2D eigenvalue weighted by Crippen LogP contribution is -2.14. The van der Waals surface area contributed by atoms with Crippen LogP contribution in [0.15, 0.2) is 54.9 Å². The maximum atomic E-state index is 4.58. The van der Waals surface area contributed by atoms with Gasteiger partial charge in [0.1, 0.15) is 11.4 Å². The van der Waals surface area contributed by atoms with Gasteiger partial charge in [-0.1, -0.05) is 36.4 Å². The monoisotopic (exact) mass is 293 g/mol. The van der Waals surface area contributed by atoms with E-state index in [4.69, 9.17) is 0 Å². The summed E-state index contributed by atoms with van der Waals surface area (Å²) < 4.78 is 0. The van der Waals surface area contributed by atoms with Gasteiger partial charge in [-0.05, 0) is 18.6 Å². The van der Waals surface area contributed by atoms with Crippen molar-refractivity contribution in [1.82, 2.24) is 25.3 Å². The van der Waals surface area contributed by atoms with Crippen LogP contribution in [-0.4, -0.2) is 20.0 Å². The van der Waals surface area contributed by atoms with Gasteiger partial charge in [-0.15, -0.1) is 0 Å². The Hall–Kier alpha value is -2.53. The van der Waals surface area contributed by atoms with Crippen LogP contribution in [0.4, 0.5) is 0 Å². The highest BCUT2D eigenvalue weighted by Gasteiger charge is 2.12. The molecule has 1 aromatic carbocycles. The van der Waals surface area contributed by atoms with Crippen molar-refractivity contribution in [2.75, 3.05) is 0 Å². The van der Waals surface area contributed by atoms with Gasteiger partial charge >= 0.3 is 0 Å². The number of nitrogens with one attached hydrogen (secondary N) is 1. The average molecular weight is 293 g/mol. The van der Waals surface area contributed by atoms with E-state index in [2.05, 4.69) is 38.7 Å². The predicted octanol–water partition coefficient (Wildman–Crippen LogP) is 2.65. The maximum absolute atomic E-state index is 4.58. The standard InChI is InChI=1S/C17H19N5/c1-2-22-20-16(13-19-12-14-7-6-10-18-11-14)17(21-22)15-8-4-3-5-9-15/h3-11,19H,2,12-13H2,1H3. The molecule has 0 saturated carbocycles. The Bertz CT molecular complexity index is 706. The quantitative estimate of drug-likeness (QED) is 0.759. The Labute approximate surface area is 130 Å². The lowest BCUT2D eigenvalue weighted by molar-refractivity contribution is 0.558. The normalized spacial score (nSPS) is 10.8. The molecule has 0 unspecified atom stereocenters. The Morgan fingerprint density at radius 2 is 1.86 bits per heavy atom. The molecular weight excluding hydrogens is 274 g/mol. The second kappa shape index (κ2) is 6.95. The molecule has 0 amide bonds. The molecule has 2 aromatic heterocycles. The molecule has 0 atom stereocenters. The Balaban J connectivity index is 1.74. The molecule has 0 aliphatic rings. The van der Waals surface area contributed by atoms with Gasteiger partial charge in [0.15, 0.2) is 0 Å². The summed E-state index contributed by atoms with van der Waals surface area (Å²) in [5.41, 5.74) is 4.17. The van der Waals surface area contributed by atoms with Crippen molar-refractivity contribution in [3.8, 4) is 11.3 Å². The first kappa shape index (κ1) is 14.4. The molecule has 1 N–H and O–H groups in total. The second-order valence-electron chi connectivity index (χ2n) is 5.01. The van der Waals surface area contributed by atoms with E-state index < -0.39 is 0 Å². The SMILES string of the molecule is CCn1nc(CNCc2cccnc2)c(-c2ccccc2)n1. The molecular formula is C17H19N5. The third-order valence-electron chi connectivity index (χ3n) is 3.40. The Kier molecular flexibility index (Phi) is 4.56. The van der Waals surface area contributed by atoms with Crippen molar-refractivity contribution >= 4 is 0 Å². The van der Waals surface area contributed by atoms with Crippen LogP contribution in [0.25, 0.3) is 11.3 Å². The van der Waals surface area contributed by atoms with Crippen LogP contribution >= 0.6 is 0 Å². The summed E-state index contributed by atoms with van der Waals surface area (Å²) in [4.78, 5) is 5.86. The first-order valence-electron chi connectivity index (χ1n) is 7.46. The van der Waals surface area contributed by atoms with Gasteiger partial charge in [0, 0.05) is 31.0 Å². The lowest BCUT2D eigenvalue weighted by Gasteiger charge is -2.04. The molecule has 0 fully saturated rings. The van der Waals surface area contributed by atoms with E-state index in [-0.39, 0.29) is 0 Å². The maximum Gasteiger partial charge on any atom is 0.117 e. The van der Waals surface area contributed by atoms with Crippen LogP contribution in [0.2, 0.25) is 0 Å². The summed E-state index contributed by atoms with van der Waals surface area (Å²) in [7, 11) is 0. The van der Waals surface area contributed by atoms with Crippen LogP contribution in [0.1, 0.15) is 18.2 Å². The summed E-state index contributed by atoms with van der Waals surface area (Å²) in [6.45, 7) is 4.25. The minimum atomic E-state index is 0.680. The summed E-state index contributed by atoms with van der Waals surface area (Å²) in [5.74, 6) is 0. The Morgan fingerprint density at radius 1 is 1.00 bits per heavy atom. The third kappa shape index (κ3) is 3.38. The van der Waals surface area contributed by atoms with E-state index >= 15 is 0 Å². The molecule has 3 aromatic rings. The first-order chi connectivity index (χ1) is 10.9. The minimum absolute atomic E-state index is 0.680. The van der Waals surface area contributed by atoms with Gasteiger partial charge in [-0.25, -0.2) is 0 Å². The number of hydrogen-bond donors (Lipinski definition) is 1. The molecule has 5 nitrogen and oxygen atoms in total. The van der Waals surface area contributed by atoms with E-state index in [1.165, 1.54) is 0 Å². The fraction of sp³-hybridized carbons (Fsp3) is 0.235. The molecule has 0 saturated heterocycles. The number of nitrogens with zero attached hydrogens (tertiary/aromatic N) is 4. The van der Waals surface area contributed by atoms with Crippen molar-refractivity contribution in [2.45, 2.75) is 26.6 Å². The van der Waals surface area contributed by atoms with Crippen LogP contribution < -0.4 is 5.32 Å². The molecule has 0 aliphatic heterocycles. The van der Waals surface area contributed by atoms with Crippen molar-refractivity contribution < 1.29 is 0 Å². The number of aromatic nitrogens is 4. The summed E-state index contributed by atoms with van der Waals surface area (Å²) in [6, 6.07) is 14.2. The number of pyridine rings is 1. The van der Waals surface area contributed by atoms with E-state index in [9.17, 15) is 0 Å². The minimum Gasteiger partial charge on any atom is -0.307 e. The number of rotatable bonds is 6. The summed E-state index contributed by atoms with van der Waals surface area (Å²) >= 11 is 0. The zero-order valence-electron chi connectivity index (χ0n) is 12.6. The zero-order chi connectivity index (χ0) is 15.2. The number of benzene rings is 1. The van der Waals surface area contributed by atoms with Crippen molar-refractivity contribution in [2.24, 2.45) is 0 Å². The van der Waals surface area contributed by atoms with Crippen molar-refractivity contribution in [1.29, 1.82) is 0 Å². The van der Waals surface area contributed by atoms with E-state index in [0.717, 1.165) is 35.6 Å². The van der Waals surface area contributed by atoms with Crippen LogP contribution in [0.5, 0.6) is 0 Å². The first-order valence-corrected chi connectivity index (χ1v) is 7.46. The second-order valence-corrected chi connectivity index (χ2v) is 5.01. The largest absolute Gasteiger partial charge is 0.307 e. The van der Waals surface area contributed by atoms with Gasteiger partial charge in [0.25, 0.3) is 0 Å². The van der Waals surface area contributed by atoms with Gasteiger partial charge in [0.2, 0.25) is 0 Å². The molecule has 0 spiro atoms. The van der Waals surface area contributed by atoms with Gasteiger partial charge in [0.05, 0.1) is 6.54 Å². The molecule has 0 aliphatic carbocycles. The molecule has 112 valence electrons. The van der Waals surface area contributed by atoms with Gasteiger partial charge in [-0.2, -0.15) is 15.0 Å². The average Bonchev–Trinajstić information content (AvgIpc) is 3.00. The smallest absolute Gasteiger partial charge is 0.117 e. The molecule has 22 heavy (non-hydrogen) atoms. The Morgan fingerprint density at radius 3 is 2.59 bits per heavy atom. The highest BCUT2D eigenvalue weighted by molar-refractivity contribution is 5.60. The van der Waals surface area contributed by atoms with Crippen LogP contribution in [0, 0.1) is 0 Å². The van der Waals surface area contributed by atoms with E-state index in [1.807, 2.05) is 37.4 Å². The molecule has 0 radical (unpaired) electrons. The van der Waals surface area contributed by atoms with Crippen LogP contribution in [-0.2, 0) is 19.6 Å². The fourth-order valence-corrected chi connectivity index (χ4v) is 2.29. The molecule has 3 rings (SSSR count). The van der Waals surface area contributed by atoms with Gasteiger partial charge in [-0.3, -0.25) is 4.98 Å². The highest BCUT2D eigenvalue weighted by atomic mass is 15.5. The topological polar surface area (TPSA) is 55.6 Å². The molecule has 2 heterocycles. The number of hydrogen-bond acceptors (Lipinski definition) is 4. The molecule has 0 bridgehead atoms.